The number of hydrogen-bond donors (Lipinski definition) is 1. The average Bonchev–Trinajstić information content (AvgIpc) is 3.06. The zero-order chi connectivity index (χ0) is 37.1. The molecule has 2 atom stereocenters. The van der Waals surface area contributed by atoms with Crippen molar-refractivity contribution in [1.82, 2.24) is 0 Å². The highest BCUT2D eigenvalue weighted by Crippen LogP contribution is 2.10. The molecule has 8 nitrogen and oxygen atoms in total. The molecule has 1 N–H and O–H groups in total. The Kier molecular flexibility index (Phi) is 29.6. The van der Waals surface area contributed by atoms with Gasteiger partial charge in [-0.15, -0.1) is 0 Å². The number of hydrogen-bond acceptors (Lipinski definition) is 6. The number of nitrogens with zero attached hydrogens (tertiary/aromatic N) is 1. The van der Waals surface area contributed by atoms with Crippen molar-refractivity contribution in [3.63, 3.8) is 0 Å². The van der Waals surface area contributed by atoms with Crippen LogP contribution >= 0.6 is 0 Å². The van der Waals surface area contributed by atoms with E-state index in [2.05, 4.69) is 38.2 Å². The molecule has 0 rings (SSSR count). The molecule has 0 aliphatic carbocycles. The molecule has 0 aromatic heterocycles. The Morgan fingerprint density at radius 3 is 1.78 bits per heavy atom. The number of unbranched alkanes of at least 4 members (excludes halogenated alkanes) is 3. The van der Waals surface area contributed by atoms with Crippen LogP contribution in [0.4, 0.5) is 0 Å². The van der Waals surface area contributed by atoms with E-state index in [4.69, 9.17) is 14.2 Å². The monoisotopic (exact) mass is 694 g/mol. The molecule has 0 fully saturated rings. The number of carbonyl (C=O) groups excluding carboxylic acids is 2. The van der Waals surface area contributed by atoms with Gasteiger partial charge in [-0.2, -0.15) is 0 Å². The van der Waals surface area contributed by atoms with Crippen molar-refractivity contribution < 1.29 is 38.2 Å². The zero-order valence-electron chi connectivity index (χ0n) is 31.3. The zero-order valence-corrected chi connectivity index (χ0v) is 31.3. The number of rotatable bonds is 29. The van der Waals surface area contributed by atoms with E-state index in [0.717, 1.165) is 38.5 Å². The number of likely N-dealkylation sites (N-methyl/N-ethyl adjacent to an activating group) is 1. The van der Waals surface area contributed by atoms with Gasteiger partial charge in [0.2, 0.25) is 0 Å². The first-order chi connectivity index (χ1) is 24.1. The lowest BCUT2D eigenvalue weighted by Gasteiger charge is -2.31. The molecule has 0 radical (unpaired) electrons. The van der Waals surface area contributed by atoms with Gasteiger partial charge in [-0.05, 0) is 44.9 Å². The summed E-state index contributed by atoms with van der Waals surface area (Å²) in [7, 11) is 5.46. The number of carbonyl (C=O) groups is 3. The van der Waals surface area contributed by atoms with Gasteiger partial charge in [0.05, 0.1) is 34.4 Å². The van der Waals surface area contributed by atoms with Crippen LogP contribution in [0.5, 0.6) is 0 Å². The molecular weight excluding hydrogens is 630 g/mol. The highest BCUT2D eigenvalue weighted by Gasteiger charge is 2.31. The molecular formula is C42H64NO7+. The van der Waals surface area contributed by atoms with Gasteiger partial charge in [0.25, 0.3) is 0 Å². The van der Waals surface area contributed by atoms with Crippen molar-refractivity contribution in [1.29, 1.82) is 0 Å². The topological polar surface area (TPSA) is 99.1 Å². The first kappa shape index (κ1) is 46.0. The van der Waals surface area contributed by atoms with E-state index in [1.54, 1.807) is 0 Å². The Bertz CT molecular complexity index is 1180. The second-order valence-corrected chi connectivity index (χ2v) is 12.5. The molecule has 2 unspecified atom stereocenters. The smallest absolute Gasteiger partial charge is 0.362 e. The Balaban J connectivity index is 4.58. The van der Waals surface area contributed by atoms with Crippen molar-refractivity contribution in [2.45, 2.75) is 96.6 Å². The lowest BCUT2D eigenvalue weighted by Crippen LogP contribution is -2.50. The summed E-state index contributed by atoms with van der Waals surface area (Å²) < 4.78 is 17.0. The second-order valence-electron chi connectivity index (χ2n) is 12.5. The summed E-state index contributed by atoms with van der Waals surface area (Å²) in [6, 6.07) is -0.636. The van der Waals surface area contributed by atoms with Gasteiger partial charge in [0, 0.05) is 19.3 Å². The van der Waals surface area contributed by atoms with E-state index in [0.29, 0.717) is 19.3 Å². The SMILES string of the molecule is CC/C=C/C=C/C=C/C=C/C=C/C=C/C=C/CCCCCC(=O)OC(COCCC(C(=O)O)[N+](C)(C)C)COC(=O)CC/C=C/C/C=C/CC. The fourth-order valence-electron chi connectivity index (χ4n) is 4.37. The van der Waals surface area contributed by atoms with Gasteiger partial charge in [-0.1, -0.05) is 130 Å². The van der Waals surface area contributed by atoms with Crippen LogP contribution in [0.1, 0.15) is 84.5 Å². The summed E-state index contributed by atoms with van der Waals surface area (Å²) in [5.74, 6) is -1.65. The minimum Gasteiger partial charge on any atom is -0.477 e. The summed E-state index contributed by atoms with van der Waals surface area (Å²) in [5, 5.41) is 9.55. The first-order valence-corrected chi connectivity index (χ1v) is 18.0. The molecule has 0 aromatic rings. The van der Waals surface area contributed by atoms with Crippen LogP contribution in [0.3, 0.4) is 0 Å². The van der Waals surface area contributed by atoms with Crippen LogP contribution in [-0.2, 0) is 28.6 Å². The molecule has 0 aliphatic heterocycles. The van der Waals surface area contributed by atoms with Gasteiger partial charge >= 0.3 is 17.9 Å². The largest absolute Gasteiger partial charge is 0.477 e. The second kappa shape index (κ2) is 32.2. The van der Waals surface area contributed by atoms with E-state index in [9.17, 15) is 19.5 Å². The van der Waals surface area contributed by atoms with E-state index in [-0.39, 0.29) is 49.1 Å². The third kappa shape index (κ3) is 30.1. The molecule has 278 valence electrons. The third-order valence-corrected chi connectivity index (χ3v) is 7.13. The standard InChI is InChI=1S/C42H63NO7/c1-6-8-10-12-14-15-16-17-18-19-20-21-22-23-24-25-27-29-31-33-41(45)50-38(36-48-35-34-39(42(46)47)43(3,4)5)37-49-40(44)32-30-28-26-13-11-9-7-2/h8-12,14-24,26,28,38-39H,6-7,13,25,27,29-37H2,1-5H3/p+1/b10-8+,11-9+,14-12+,16-15+,18-17+,20-19+,22-21+,24-23+,28-26+. The number of aliphatic carboxylic acids is 1. The summed E-state index contributed by atoms with van der Waals surface area (Å²) in [6.45, 7) is 4.27. The first-order valence-electron chi connectivity index (χ1n) is 18.0. The van der Waals surface area contributed by atoms with Crippen LogP contribution < -0.4 is 0 Å². The molecule has 0 heterocycles. The van der Waals surface area contributed by atoms with Gasteiger partial charge in [-0.25, -0.2) is 4.79 Å². The van der Waals surface area contributed by atoms with Gasteiger partial charge in [-0.3, -0.25) is 9.59 Å². The summed E-state index contributed by atoms with van der Waals surface area (Å²) >= 11 is 0. The third-order valence-electron chi connectivity index (χ3n) is 7.13. The number of ether oxygens (including phenoxy) is 3. The van der Waals surface area contributed by atoms with E-state index >= 15 is 0 Å². The minimum absolute atomic E-state index is 0.0157. The molecule has 8 heteroatoms. The lowest BCUT2D eigenvalue weighted by molar-refractivity contribution is -0.887. The van der Waals surface area contributed by atoms with E-state index in [1.807, 2.05) is 106 Å². The Morgan fingerprint density at radius 1 is 0.620 bits per heavy atom. The Labute approximate surface area is 302 Å². The average molecular weight is 695 g/mol. The number of quaternary nitrogens is 1. The van der Waals surface area contributed by atoms with Crippen molar-refractivity contribution in [2.75, 3.05) is 41.0 Å². The summed E-state index contributed by atoms with van der Waals surface area (Å²) in [5.41, 5.74) is 0. The molecule has 0 amide bonds. The number of allylic oxidation sites excluding steroid dienone is 18. The highest BCUT2D eigenvalue weighted by atomic mass is 16.6. The van der Waals surface area contributed by atoms with Crippen LogP contribution in [-0.4, -0.2) is 80.6 Å². The quantitative estimate of drug-likeness (QED) is 0.0274. The van der Waals surface area contributed by atoms with Crippen LogP contribution in [0.2, 0.25) is 0 Å². The fourth-order valence-corrected chi connectivity index (χ4v) is 4.37. The predicted molar refractivity (Wildman–Crippen MR) is 206 cm³/mol. The van der Waals surface area contributed by atoms with Crippen molar-refractivity contribution >= 4 is 17.9 Å². The van der Waals surface area contributed by atoms with Crippen LogP contribution in [0.25, 0.3) is 0 Å². The fraction of sp³-hybridized carbons (Fsp3) is 0.500. The molecule has 0 aliphatic rings. The molecule has 0 bridgehead atoms. The maximum absolute atomic E-state index is 12.6. The lowest BCUT2D eigenvalue weighted by atomic mass is 10.1. The maximum Gasteiger partial charge on any atom is 0.362 e. The highest BCUT2D eigenvalue weighted by molar-refractivity contribution is 5.72. The molecule has 0 saturated heterocycles. The minimum atomic E-state index is -0.898. The number of esters is 2. The summed E-state index contributed by atoms with van der Waals surface area (Å²) in [6.07, 6.45) is 43.1. The number of carboxylic acids is 1. The van der Waals surface area contributed by atoms with Crippen molar-refractivity contribution in [2.24, 2.45) is 0 Å². The summed E-state index contributed by atoms with van der Waals surface area (Å²) in [4.78, 5) is 36.6. The Hall–Kier alpha value is -4.01. The maximum atomic E-state index is 12.6. The van der Waals surface area contributed by atoms with Crippen LogP contribution in [0.15, 0.2) is 109 Å². The normalized spacial score (nSPS) is 14.3. The number of carboxylic acid groups (broad SMARTS) is 1. The molecule has 0 spiro atoms. The molecule has 0 aromatic carbocycles. The van der Waals surface area contributed by atoms with Gasteiger partial charge < -0.3 is 23.8 Å². The van der Waals surface area contributed by atoms with Crippen LogP contribution in [0, 0.1) is 0 Å². The van der Waals surface area contributed by atoms with Gasteiger partial charge in [0.15, 0.2) is 12.1 Å². The molecule has 0 saturated carbocycles. The Morgan fingerprint density at radius 2 is 1.20 bits per heavy atom. The predicted octanol–water partition coefficient (Wildman–Crippen LogP) is 8.95. The van der Waals surface area contributed by atoms with E-state index in [1.165, 1.54) is 0 Å². The molecule has 50 heavy (non-hydrogen) atoms. The van der Waals surface area contributed by atoms with Crippen molar-refractivity contribution in [3.8, 4) is 0 Å². The van der Waals surface area contributed by atoms with Gasteiger partial charge in [0.1, 0.15) is 6.61 Å². The van der Waals surface area contributed by atoms with E-state index < -0.39 is 18.1 Å². The van der Waals surface area contributed by atoms with Crippen molar-refractivity contribution in [3.05, 3.63) is 109 Å².